The Balaban J connectivity index is 0.000000980. The molecule has 2 rings (SSSR count). The molecule has 0 spiro atoms. The summed E-state index contributed by atoms with van der Waals surface area (Å²) >= 11 is 0. The van der Waals surface area contributed by atoms with Gasteiger partial charge in [-0.25, -0.2) is 0 Å². The summed E-state index contributed by atoms with van der Waals surface area (Å²) in [4.78, 5) is 0. The SMILES string of the molecule is C1CC(CC2CCOCC2)CCO1.S. The van der Waals surface area contributed by atoms with Crippen molar-refractivity contribution in [2.24, 2.45) is 11.8 Å². The molecule has 84 valence electrons. The molecule has 2 aliphatic rings. The van der Waals surface area contributed by atoms with Crippen molar-refractivity contribution < 1.29 is 9.47 Å². The van der Waals surface area contributed by atoms with Crippen molar-refractivity contribution in [3.63, 3.8) is 0 Å². The first-order valence-electron chi connectivity index (χ1n) is 5.60. The largest absolute Gasteiger partial charge is 0.381 e. The van der Waals surface area contributed by atoms with Gasteiger partial charge in [-0.15, -0.1) is 0 Å². The smallest absolute Gasteiger partial charge is 0.0468 e. The number of hydrogen-bond donors (Lipinski definition) is 0. The van der Waals surface area contributed by atoms with Gasteiger partial charge in [0.15, 0.2) is 0 Å². The average Bonchev–Trinajstić information content (AvgIpc) is 2.21. The molecule has 2 saturated heterocycles. The average molecular weight is 218 g/mol. The molecule has 0 N–H and O–H groups in total. The maximum Gasteiger partial charge on any atom is 0.0468 e. The van der Waals surface area contributed by atoms with Crippen LogP contribution in [0, 0.1) is 11.8 Å². The quantitative estimate of drug-likeness (QED) is 0.708. The maximum atomic E-state index is 5.36. The van der Waals surface area contributed by atoms with E-state index in [-0.39, 0.29) is 13.5 Å². The van der Waals surface area contributed by atoms with Crippen molar-refractivity contribution in [1.82, 2.24) is 0 Å². The molecule has 2 aliphatic heterocycles. The van der Waals surface area contributed by atoms with E-state index >= 15 is 0 Å². The van der Waals surface area contributed by atoms with Crippen molar-refractivity contribution in [2.45, 2.75) is 32.1 Å². The number of ether oxygens (including phenoxy) is 2. The van der Waals surface area contributed by atoms with Gasteiger partial charge < -0.3 is 9.47 Å². The molecule has 0 unspecified atom stereocenters. The monoisotopic (exact) mass is 218 g/mol. The lowest BCUT2D eigenvalue weighted by Gasteiger charge is -2.28. The van der Waals surface area contributed by atoms with Crippen LogP contribution < -0.4 is 0 Å². The fraction of sp³-hybridized carbons (Fsp3) is 1.00. The second-order valence-electron chi connectivity index (χ2n) is 4.35. The summed E-state index contributed by atoms with van der Waals surface area (Å²) in [6, 6.07) is 0. The second kappa shape index (κ2) is 6.70. The van der Waals surface area contributed by atoms with E-state index in [1.54, 1.807) is 0 Å². The third-order valence-corrected chi connectivity index (χ3v) is 3.35. The molecule has 14 heavy (non-hydrogen) atoms. The minimum absolute atomic E-state index is 0. The standard InChI is InChI=1S/C11H20O2.H2S/c1-5-12-6-2-10(1)9-11-3-7-13-8-4-11;/h10-11H,1-9H2;1H2. The van der Waals surface area contributed by atoms with Crippen molar-refractivity contribution in [3.05, 3.63) is 0 Å². The lowest BCUT2D eigenvalue weighted by Crippen LogP contribution is -2.22. The summed E-state index contributed by atoms with van der Waals surface area (Å²) in [5.41, 5.74) is 0. The molecule has 0 saturated carbocycles. The minimum atomic E-state index is 0. The molecule has 0 bridgehead atoms. The summed E-state index contributed by atoms with van der Waals surface area (Å²) in [6.07, 6.45) is 6.58. The fourth-order valence-electron chi connectivity index (χ4n) is 2.44. The van der Waals surface area contributed by atoms with Gasteiger partial charge in [-0.2, -0.15) is 13.5 Å². The highest BCUT2D eigenvalue weighted by molar-refractivity contribution is 7.59. The van der Waals surface area contributed by atoms with E-state index in [1.165, 1.54) is 32.1 Å². The molecule has 0 aromatic heterocycles. The third-order valence-electron chi connectivity index (χ3n) is 3.35. The highest BCUT2D eigenvalue weighted by Gasteiger charge is 2.20. The van der Waals surface area contributed by atoms with Crippen LogP contribution in [0.2, 0.25) is 0 Å². The van der Waals surface area contributed by atoms with E-state index in [0.717, 1.165) is 38.3 Å². The van der Waals surface area contributed by atoms with Gasteiger partial charge in [0.05, 0.1) is 0 Å². The van der Waals surface area contributed by atoms with Gasteiger partial charge in [0.1, 0.15) is 0 Å². The third kappa shape index (κ3) is 3.79. The van der Waals surface area contributed by atoms with Crippen LogP contribution in [0.5, 0.6) is 0 Å². The molecule has 0 amide bonds. The Bertz CT molecular complexity index is 124. The van der Waals surface area contributed by atoms with Gasteiger partial charge in [0, 0.05) is 26.4 Å². The molecule has 0 aliphatic carbocycles. The van der Waals surface area contributed by atoms with E-state index < -0.39 is 0 Å². The Morgan fingerprint density at radius 2 is 1.07 bits per heavy atom. The summed E-state index contributed by atoms with van der Waals surface area (Å²) in [5, 5.41) is 0. The van der Waals surface area contributed by atoms with Crippen LogP contribution in [0.3, 0.4) is 0 Å². The highest BCUT2D eigenvalue weighted by Crippen LogP contribution is 2.28. The van der Waals surface area contributed by atoms with Crippen LogP contribution in [0.1, 0.15) is 32.1 Å². The predicted molar refractivity (Wildman–Crippen MR) is 62.1 cm³/mol. The zero-order valence-corrected chi connectivity index (χ0v) is 9.84. The van der Waals surface area contributed by atoms with Crippen LogP contribution in [0.25, 0.3) is 0 Å². The van der Waals surface area contributed by atoms with E-state index in [2.05, 4.69) is 0 Å². The Morgan fingerprint density at radius 3 is 1.43 bits per heavy atom. The van der Waals surface area contributed by atoms with Crippen LogP contribution >= 0.6 is 13.5 Å². The van der Waals surface area contributed by atoms with E-state index in [1.807, 2.05) is 0 Å². The van der Waals surface area contributed by atoms with Crippen molar-refractivity contribution in [1.29, 1.82) is 0 Å². The number of rotatable bonds is 2. The zero-order valence-electron chi connectivity index (χ0n) is 8.84. The van der Waals surface area contributed by atoms with Crippen molar-refractivity contribution in [2.75, 3.05) is 26.4 Å². The normalized spacial score (nSPS) is 25.7. The molecular formula is C11H22O2S. The van der Waals surface area contributed by atoms with E-state index in [4.69, 9.17) is 9.47 Å². The Hall–Kier alpha value is 0.270. The molecular weight excluding hydrogens is 196 g/mol. The molecule has 2 heterocycles. The van der Waals surface area contributed by atoms with Crippen molar-refractivity contribution in [3.8, 4) is 0 Å². The predicted octanol–water partition coefficient (Wildman–Crippen LogP) is 2.34. The van der Waals surface area contributed by atoms with Gasteiger partial charge >= 0.3 is 0 Å². The minimum Gasteiger partial charge on any atom is -0.381 e. The van der Waals surface area contributed by atoms with Gasteiger partial charge in [0.2, 0.25) is 0 Å². The molecule has 0 aromatic rings. The first kappa shape index (κ1) is 12.3. The van der Waals surface area contributed by atoms with E-state index in [9.17, 15) is 0 Å². The Morgan fingerprint density at radius 1 is 0.714 bits per heavy atom. The van der Waals surface area contributed by atoms with Crippen LogP contribution in [-0.2, 0) is 9.47 Å². The summed E-state index contributed by atoms with van der Waals surface area (Å²) in [7, 11) is 0. The Labute approximate surface area is 93.8 Å². The lowest BCUT2D eigenvalue weighted by molar-refractivity contribution is 0.0327. The van der Waals surface area contributed by atoms with Gasteiger partial charge in [-0.3, -0.25) is 0 Å². The highest BCUT2D eigenvalue weighted by atomic mass is 32.1. The summed E-state index contributed by atoms with van der Waals surface area (Å²) in [5.74, 6) is 1.88. The van der Waals surface area contributed by atoms with Crippen LogP contribution in [0.4, 0.5) is 0 Å². The van der Waals surface area contributed by atoms with Crippen molar-refractivity contribution >= 4 is 13.5 Å². The first-order chi connectivity index (χ1) is 6.45. The molecule has 0 radical (unpaired) electrons. The lowest BCUT2D eigenvalue weighted by atomic mass is 9.85. The van der Waals surface area contributed by atoms with Gasteiger partial charge in [0.25, 0.3) is 0 Å². The molecule has 0 atom stereocenters. The molecule has 2 fully saturated rings. The maximum absolute atomic E-state index is 5.36. The van der Waals surface area contributed by atoms with Gasteiger partial charge in [-0.05, 0) is 43.9 Å². The fourth-order valence-corrected chi connectivity index (χ4v) is 2.44. The molecule has 0 aromatic carbocycles. The first-order valence-corrected chi connectivity index (χ1v) is 5.60. The van der Waals surface area contributed by atoms with Crippen LogP contribution in [-0.4, -0.2) is 26.4 Å². The van der Waals surface area contributed by atoms with Crippen LogP contribution in [0.15, 0.2) is 0 Å². The van der Waals surface area contributed by atoms with Gasteiger partial charge in [-0.1, -0.05) is 0 Å². The summed E-state index contributed by atoms with van der Waals surface area (Å²) < 4.78 is 10.7. The zero-order chi connectivity index (χ0) is 8.93. The molecule has 2 nitrogen and oxygen atoms in total. The molecule has 3 heteroatoms. The number of hydrogen-bond acceptors (Lipinski definition) is 2. The summed E-state index contributed by atoms with van der Waals surface area (Å²) in [6.45, 7) is 3.98. The van der Waals surface area contributed by atoms with E-state index in [0.29, 0.717) is 0 Å². The second-order valence-corrected chi connectivity index (χ2v) is 4.35. The Kier molecular flexibility index (Phi) is 5.90. The topological polar surface area (TPSA) is 18.5 Å².